The minimum absolute atomic E-state index is 0.0639. The van der Waals surface area contributed by atoms with Crippen molar-refractivity contribution in [3.05, 3.63) is 11.6 Å². The van der Waals surface area contributed by atoms with Crippen molar-refractivity contribution in [3.8, 4) is 11.8 Å². The van der Waals surface area contributed by atoms with Crippen molar-refractivity contribution < 1.29 is 20.1 Å². The molecule has 2 saturated carbocycles. The first-order valence-electron chi connectivity index (χ1n) is 10.2. The molecule has 0 saturated heterocycles. The van der Waals surface area contributed by atoms with Gasteiger partial charge in [0.2, 0.25) is 0 Å². The normalized spacial score (nSPS) is 31.3. The number of aliphatic hydroxyl groups is 2. The van der Waals surface area contributed by atoms with Gasteiger partial charge < -0.3 is 15.3 Å². The van der Waals surface area contributed by atoms with Crippen LogP contribution in [-0.4, -0.2) is 33.5 Å². The molecule has 6 atom stereocenters. The van der Waals surface area contributed by atoms with Gasteiger partial charge in [-0.1, -0.05) is 56.6 Å². The molecule has 2 rings (SSSR count). The molecule has 0 bridgehead atoms. The predicted octanol–water partition coefficient (Wildman–Crippen LogP) is 3.77. The lowest BCUT2D eigenvalue weighted by Crippen LogP contribution is -2.44. The zero-order valence-electron chi connectivity index (χ0n) is 16.2. The average Bonchev–Trinajstić information content (AvgIpc) is 2.56. The Morgan fingerprint density at radius 3 is 2.85 bits per heavy atom. The van der Waals surface area contributed by atoms with E-state index in [4.69, 9.17) is 5.11 Å². The minimum atomic E-state index is -0.761. The summed E-state index contributed by atoms with van der Waals surface area (Å²) >= 11 is 0. The quantitative estimate of drug-likeness (QED) is 0.454. The van der Waals surface area contributed by atoms with Crippen LogP contribution in [0.4, 0.5) is 0 Å². The zero-order valence-corrected chi connectivity index (χ0v) is 16.2. The fraction of sp³-hybridized carbons (Fsp3) is 0.773. The lowest BCUT2D eigenvalue weighted by Gasteiger charge is -2.48. The first-order chi connectivity index (χ1) is 12.4. The van der Waals surface area contributed by atoms with Gasteiger partial charge in [-0.15, -0.1) is 0 Å². The highest BCUT2D eigenvalue weighted by atomic mass is 16.4. The summed E-state index contributed by atoms with van der Waals surface area (Å²) in [7, 11) is 0. The topological polar surface area (TPSA) is 77.8 Å². The number of carboxylic acids is 1. The van der Waals surface area contributed by atoms with E-state index in [1.54, 1.807) is 0 Å². The molecular weight excluding hydrogens is 328 g/mol. The number of aliphatic hydroxyl groups excluding tert-OH is 2. The van der Waals surface area contributed by atoms with Crippen molar-refractivity contribution in [1.29, 1.82) is 0 Å². The number of fused-ring (bicyclic) bond motifs is 1. The Morgan fingerprint density at radius 1 is 1.38 bits per heavy atom. The van der Waals surface area contributed by atoms with Gasteiger partial charge in [0, 0.05) is 6.42 Å². The molecule has 3 N–H and O–H groups in total. The van der Waals surface area contributed by atoms with E-state index in [9.17, 15) is 15.0 Å². The van der Waals surface area contributed by atoms with Crippen LogP contribution in [0.2, 0.25) is 0 Å². The molecule has 0 spiro atoms. The number of rotatable bonds is 8. The maximum Gasteiger partial charge on any atom is 0.303 e. The number of hydrogen-bond donors (Lipinski definition) is 3. The summed E-state index contributed by atoms with van der Waals surface area (Å²) in [6.45, 7) is 4.33. The Labute approximate surface area is 157 Å². The lowest BCUT2D eigenvalue weighted by molar-refractivity contribution is -0.136. The van der Waals surface area contributed by atoms with Crippen LogP contribution in [0, 0.1) is 35.5 Å². The van der Waals surface area contributed by atoms with Crippen LogP contribution in [-0.2, 0) is 4.79 Å². The number of allylic oxidation sites excluding steroid dienone is 2. The summed E-state index contributed by atoms with van der Waals surface area (Å²) in [6, 6.07) is 0. The van der Waals surface area contributed by atoms with Crippen LogP contribution >= 0.6 is 0 Å². The molecule has 0 heterocycles. The number of unbranched alkanes of at least 4 members (excludes halogenated alkanes) is 1. The Morgan fingerprint density at radius 2 is 2.15 bits per heavy atom. The molecule has 0 aromatic carbocycles. The smallest absolute Gasteiger partial charge is 0.303 e. The highest BCUT2D eigenvalue weighted by Gasteiger charge is 2.46. The van der Waals surface area contributed by atoms with Gasteiger partial charge in [0.25, 0.3) is 0 Å². The Kier molecular flexibility index (Phi) is 8.18. The van der Waals surface area contributed by atoms with Crippen LogP contribution in [0.5, 0.6) is 0 Å². The highest BCUT2D eigenvalue weighted by molar-refractivity contribution is 5.66. The van der Waals surface area contributed by atoms with Crippen LogP contribution in [0.15, 0.2) is 11.6 Å². The number of hydrogen-bond acceptors (Lipinski definition) is 3. The molecule has 0 aromatic heterocycles. The van der Waals surface area contributed by atoms with Gasteiger partial charge in [0.15, 0.2) is 0 Å². The van der Waals surface area contributed by atoms with Crippen LogP contribution in [0.25, 0.3) is 0 Å². The Balaban J connectivity index is 1.88. The fourth-order valence-electron chi connectivity index (χ4n) is 4.39. The molecule has 146 valence electrons. The van der Waals surface area contributed by atoms with E-state index in [0.29, 0.717) is 30.6 Å². The third-order valence-corrected chi connectivity index (χ3v) is 5.97. The third kappa shape index (κ3) is 5.86. The standard InChI is InChI=1S/C22H34O4/c1-3-4-6-15(2)13-17(23)9-10-19-20-14-16(7-5-8-22(25)26)18(20)11-12-21(19)24/h7,15,17-21,23-24H,3-6,8,11-14H2,1-2H3,(H,25,26)/t15-,17?,18+,19+,20-,21+/m0/s1. The summed E-state index contributed by atoms with van der Waals surface area (Å²) in [6.07, 6.45) is 8.59. The summed E-state index contributed by atoms with van der Waals surface area (Å²) in [5.74, 6) is 6.62. The van der Waals surface area contributed by atoms with E-state index < -0.39 is 18.2 Å². The van der Waals surface area contributed by atoms with E-state index in [1.807, 2.05) is 0 Å². The highest BCUT2D eigenvalue weighted by Crippen LogP contribution is 2.51. The molecular formula is C22H34O4. The van der Waals surface area contributed by atoms with Gasteiger partial charge in [-0.05, 0) is 49.9 Å². The summed E-state index contributed by atoms with van der Waals surface area (Å²) in [5, 5.41) is 29.3. The second-order valence-electron chi connectivity index (χ2n) is 8.14. The maximum absolute atomic E-state index is 10.6. The SMILES string of the molecule is CCCC[C@H](C)CC(O)C#C[C@@H]1[C@H]2CC(=CCCC(=O)O)[C@H]2CC[C@H]1O. The van der Waals surface area contributed by atoms with Crippen LogP contribution in [0.1, 0.15) is 71.6 Å². The molecule has 0 aromatic rings. The molecule has 4 heteroatoms. The minimum Gasteiger partial charge on any atom is -0.481 e. The van der Waals surface area contributed by atoms with Crippen molar-refractivity contribution in [2.45, 2.75) is 83.8 Å². The molecule has 1 unspecified atom stereocenters. The fourth-order valence-corrected chi connectivity index (χ4v) is 4.39. The molecule has 26 heavy (non-hydrogen) atoms. The van der Waals surface area contributed by atoms with E-state index in [2.05, 4.69) is 31.8 Å². The molecule has 2 aliphatic rings. The summed E-state index contributed by atoms with van der Waals surface area (Å²) < 4.78 is 0. The van der Waals surface area contributed by atoms with Crippen molar-refractivity contribution in [2.75, 3.05) is 0 Å². The molecule has 0 amide bonds. The molecule has 2 aliphatic carbocycles. The molecule has 0 aliphatic heterocycles. The van der Waals surface area contributed by atoms with Gasteiger partial charge in [-0.25, -0.2) is 0 Å². The van der Waals surface area contributed by atoms with Gasteiger partial charge >= 0.3 is 5.97 Å². The zero-order chi connectivity index (χ0) is 19.1. The largest absolute Gasteiger partial charge is 0.481 e. The van der Waals surface area contributed by atoms with Crippen molar-refractivity contribution in [1.82, 2.24) is 0 Å². The van der Waals surface area contributed by atoms with E-state index in [0.717, 1.165) is 25.7 Å². The van der Waals surface area contributed by atoms with Crippen molar-refractivity contribution >= 4 is 5.97 Å². The van der Waals surface area contributed by atoms with Gasteiger partial charge in [-0.3, -0.25) is 4.79 Å². The van der Waals surface area contributed by atoms with Crippen LogP contribution < -0.4 is 0 Å². The van der Waals surface area contributed by atoms with Crippen molar-refractivity contribution in [2.24, 2.45) is 23.7 Å². The Hall–Kier alpha value is -1.31. The third-order valence-electron chi connectivity index (χ3n) is 5.97. The van der Waals surface area contributed by atoms with E-state index in [-0.39, 0.29) is 12.3 Å². The second kappa shape index (κ2) is 10.1. The first-order valence-corrected chi connectivity index (χ1v) is 10.2. The van der Waals surface area contributed by atoms with Crippen molar-refractivity contribution in [3.63, 3.8) is 0 Å². The van der Waals surface area contributed by atoms with Gasteiger partial charge in [0.05, 0.1) is 12.0 Å². The van der Waals surface area contributed by atoms with E-state index in [1.165, 1.54) is 18.4 Å². The first kappa shape index (κ1) is 21.0. The Bertz CT molecular complexity index is 556. The van der Waals surface area contributed by atoms with Gasteiger partial charge in [-0.2, -0.15) is 0 Å². The molecule has 0 radical (unpaired) electrons. The second-order valence-corrected chi connectivity index (χ2v) is 8.14. The monoisotopic (exact) mass is 362 g/mol. The van der Waals surface area contributed by atoms with Crippen LogP contribution in [0.3, 0.4) is 0 Å². The predicted molar refractivity (Wildman–Crippen MR) is 102 cm³/mol. The average molecular weight is 363 g/mol. The van der Waals surface area contributed by atoms with E-state index >= 15 is 0 Å². The maximum atomic E-state index is 10.6. The lowest BCUT2D eigenvalue weighted by atomic mass is 9.57. The summed E-state index contributed by atoms with van der Waals surface area (Å²) in [4.78, 5) is 10.6. The van der Waals surface area contributed by atoms with Gasteiger partial charge in [0.1, 0.15) is 6.10 Å². The number of carbonyl (C=O) groups is 1. The molecule has 4 nitrogen and oxygen atoms in total. The summed E-state index contributed by atoms with van der Waals surface area (Å²) in [5.41, 5.74) is 1.34. The number of carboxylic acid groups (broad SMARTS) is 1. The molecule has 2 fully saturated rings. The number of aliphatic carboxylic acids is 1.